The molecule has 6 nitrogen and oxygen atoms in total. The van der Waals surface area contributed by atoms with Crippen LogP contribution in [0.5, 0.6) is 0 Å². The number of nitrogens with zero attached hydrogens (tertiary/aromatic N) is 3. The number of ether oxygens (including phenoxy) is 1. The van der Waals surface area contributed by atoms with Gasteiger partial charge < -0.3 is 9.84 Å². The van der Waals surface area contributed by atoms with E-state index in [9.17, 15) is 9.90 Å². The molecular weight excluding hydrogens is 318 g/mol. The van der Waals surface area contributed by atoms with Gasteiger partial charge in [0.2, 0.25) is 0 Å². The van der Waals surface area contributed by atoms with E-state index in [0.29, 0.717) is 17.9 Å². The molecule has 0 aliphatic heterocycles. The fraction of sp³-hybridized carbons (Fsp3) is 0.188. The molecule has 0 radical (unpaired) electrons. The lowest BCUT2D eigenvalue weighted by Crippen LogP contribution is -2.15. The molecule has 2 heterocycles. The standard InChI is InChI=1S/C16H14ClN3O3/c1-10(23-9-11-5-3-2-4-6-11)15-12(16(21)22)8-18-14-7-13(17)19-20(14)15/h2-8,10H,9H2,1H3,(H,21,22)/t10-/m1/s1. The number of carbonyl (C=O) groups is 1. The Morgan fingerprint density at radius 2 is 2.13 bits per heavy atom. The lowest BCUT2D eigenvalue weighted by molar-refractivity contribution is 0.0454. The summed E-state index contributed by atoms with van der Waals surface area (Å²) in [4.78, 5) is 15.5. The van der Waals surface area contributed by atoms with Gasteiger partial charge in [0.1, 0.15) is 5.56 Å². The van der Waals surface area contributed by atoms with Gasteiger partial charge in [0, 0.05) is 12.3 Å². The first kappa shape index (κ1) is 15.5. The molecule has 1 N–H and O–H groups in total. The van der Waals surface area contributed by atoms with E-state index in [0.717, 1.165) is 5.56 Å². The van der Waals surface area contributed by atoms with Gasteiger partial charge in [-0.05, 0) is 12.5 Å². The molecule has 23 heavy (non-hydrogen) atoms. The van der Waals surface area contributed by atoms with Crippen LogP contribution in [0.3, 0.4) is 0 Å². The molecule has 0 aliphatic carbocycles. The third kappa shape index (κ3) is 3.18. The first-order valence-electron chi connectivity index (χ1n) is 6.99. The summed E-state index contributed by atoms with van der Waals surface area (Å²) >= 11 is 5.90. The van der Waals surface area contributed by atoms with Crippen LogP contribution < -0.4 is 0 Å². The van der Waals surface area contributed by atoms with Crippen LogP contribution in [0.1, 0.15) is 34.6 Å². The van der Waals surface area contributed by atoms with E-state index >= 15 is 0 Å². The highest BCUT2D eigenvalue weighted by molar-refractivity contribution is 6.29. The highest BCUT2D eigenvalue weighted by atomic mass is 35.5. The minimum atomic E-state index is -1.09. The number of aromatic carboxylic acids is 1. The average Bonchev–Trinajstić information content (AvgIpc) is 2.92. The van der Waals surface area contributed by atoms with Gasteiger partial charge in [-0.2, -0.15) is 5.10 Å². The Balaban J connectivity index is 1.96. The van der Waals surface area contributed by atoms with Crippen molar-refractivity contribution in [2.75, 3.05) is 0 Å². The largest absolute Gasteiger partial charge is 0.478 e. The molecule has 0 spiro atoms. The summed E-state index contributed by atoms with van der Waals surface area (Å²) in [6.45, 7) is 2.14. The molecule has 0 saturated heterocycles. The van der Waals surface area contributed by atoms with Gasteiger partial charge in [-0.3, -0.25) is 0 Å². The van der Waals surface area contributed by atoms with Gasteiger partial charge in [0.15, 0.2) is 10.8 Å². The third-order valence-electron chi connectivity index (χ3n) is 3.45. The van der Waals surface area contributed by atoms with Crippen LogP contribution in [0.2, 0.25) is 5.15 Å². The van der Waals surface area contributed by atoms with Gasteiger partial charge >= 0.3 is 5.97 Å². The molecule has 0 fully saturated rings. The summed E-state index contributed by atoms with van der Waals surface area (Å²) in [5.74, 6) is -1.09. The summed E-state index contributed by atoms with van der Waals surface area (Å²) in [6, 6.07) is 11.2. The van der Waals surface area contributed by atoms with Crippen molar-refractivity contribution in [3.8, 4) is 0 Å². The molecule has 0 bridgehead atoms. The van der Waals surface area contributed by atoms with Gasteiger partial charge in [0.05, 0.1) is 18.4 Å². The number of carboxylic acids is 1. The minimum Gasteiger partial charge on any atom is -0.478 e. The minimum absolute atomic E-state index is 0.0397. The van der Waals surface area contributed by atoms with E-state index in [1.54, 1.807) is 13.0 Å². The van der Waals surface area contributed by atoms with Gasteiger partial charge in [0.25, 0.3) is 0 Å². The summed E-state index contributed by atoms with van der Waals surface area (Å²) < 4.78 is 7.25. The lowest BCUT2D eigenvalue weighted by Gasteiger charge is -2.16. The highest BCUT2D eigenvalue weighted by Gasteiger charge is 2.22. The Labute approximate surface area is 137 Å². The van der Waals surface area contributed by atoms with E-state index < -0.39 is 12.1 Å². The summed E-state index contributed by atoms with van der Waals surface area (Å²) in [6.07, 6.45) is 0.802. The fourth-order valence-electron chi connectivity index (χ4n) is 2.35. The molecule has 0 amide bonds. The zero-order valence-electron chi connectivity index (χ0n) is 12.3. The number of fused-ring (bicyclic) bond motifs is 1. The molecule has 3 aromatic rings. The van der Waals surface area contributed by atoms with Crippen LogP contribution in [0.25, 0.3) is 5.65 Å². The van der Waals surface area contributed by atoms with Gasteiger partial charge in [-0.25, -0.2) is 14.3 Å². The van der Waals surface area contributed by atoms with Crippen molar-refractivity contribution < 1.29 is 14.6 Å². The Bertz CT molecular complexity index is 848. The number of hydrogen-bond acceptors (Lipinski definition) is 4. The van der Waals surface area contributed by atoms with Crippen molar-refractivity contribution in [1.82, 2.24) is 14.6 Å². The van der Waals surface area contributed by atoms with Crippen molar-refractivity contribution in [2.24, 2.45) is 0 Å². The topological polar surface area (TPSA) is 76.7 Å². The van der Waals surface area contributed by atoms with Crippen LogP contribution in [0, 0.1) is 0 Å². The Morgan fingerprint density at radius 1 is 1.39 bits per heavy atom. The van der Waals surface area contributed by atoms with Crippen LogP contribution >= 0.6 is 11.6 Å². The number of aromatic nitrogens is 3. The number of carboxylic acid groups (broad SMARTS) is 1. The highest BCUT2D eigenvalue weighted by Crippen LogP contribution is 2.24. The number of hydrogen-bond donors (Lipinski definition) is 1. The molecule has 2 aromatic heterocycles. The molecular formula is C16H14ClN3O3. The zero-order valence-corrected chi connectivity index (χ0v) is 13.1. The maximum Gasteiger partial charge on any atom is 0.339 e. The van der Waals surface area contributed by atoms with E-state index in [1.807, 2.05) is 30.3 Å². The lowest BCUT2D eigenvalue weighted by atomic mass is 10.1. The van der Waals surface area contributed by atoms with Crippen molar-refractivity contribution in [2.45, 2.75) is 19.6 Å². The molecule has 7 heteroatoms. The molecule has 1 aromatic carbocycles. The normalized spacial score (nSPS) is 12.4. The summed E-state index contributed by atoms with van der Waals surface area (Å²) in [5, 5.41) is 13.8. The average molecular weight is 332 g/mol. The predicted octanol–water partition coefficient (Wildman–Crippen LogP) is 3.36. The monoisotopic (exact) mass is 331 g/mol. The Morgan fingerprint density at radius 3 is 2.83 bits per heavy atom. The van der Waals surface area contributed by atoms with Crippen molar-refractivity contribution >= 4 is 23.2 Å². The molecule has 0 saturated carbocycles. The third-order valence-corrected chi connectivity index (χ3v) is 3.63. The molecule has 3 rings (SSSR count). The predicted molar refractivity (Wildman–Crippen MR) is 84.6 cm³/mol. The van der Waals surface area contributed by atoms with Crippen LogP contribution in [0.4, 0.5) is 0 Å². The van der Waals surface area contributed by atoms with Crippen LogP contribution in [0.15, 0.2) is 42.6 Å². The first-order chi connectivity index (χ1) is 11.1. The first-order valence-corrected chi connectivity index (χ1v) is 7.37. The second-order valence-corrected chi connectivity index (χ2v) is 5.43. The van der Waals surface area contributed by atoms with Gasteiger partial charge in [-0.15, -0.1) is 0 Å². The van der Waals surface area contributed by atoms with E-state index in [4.69, 9.17) is 16.3 Å². The van der Waals surface area contributed by atoms with E-state index in [1.165, 1.54) is 10.7 Å². The Hall–Kier alpha value is -2.44. The molecule has 1 atom stereocenters. The summed E-state index contributed by atoms with van der Waals surface area (Å²) in [5.41, 5.74) is 1.92. The van der Waals surface area contributed by atoms with Crippen molar-refractivity contribution in [3.63, 3.8) is 0 Å². The quantitative estimate of drug-likeness (QED) is 0.775. The Kier molecular flexibility index (Phi) is 4.27. The zero-order chi connectivity index (χ0) is 16.4. The number of rotatable bonds is 5. The second-order valence-electron chi connectivity index (χ2n) is 5.04. The van der Waals surface area contributed by atoms with E-state index in [2.05, 4.69) is 10.1 Å². The van der Waals surface area contributed by atoms with Gasteiger partial charge in [-0.1, -0.05) is 41.9 Å². The van der Waals surface area contributed by atoms with Crippen molar-refractivity contribution in [1.29, 1.82) is 0 Å². The number of halogens is 1. The molecule has 118 valence electrons. The number of benzene rings is 1. The fourth-order valence-corrected chi connectivity index (χ4v) is 2.53. The van der Waals surface area contributed by atoms with Crippen LogP contribution in [-0.4, -0.2) is 25.7 Å². The van der Waals surface area contributed by atoms with Crippen molar-refractivity contribution in [3.05, 3.63) is 64.6 Å². The maximum atomic E-state index is 11.5. The second kappa shape index (κ2) is 6.36. The maximum absolute atomic E-state index is 11.5. The SMILES string of the molecule is C[C@@H](OCc1ccccc1)c1c(C(=O)O)cnc2cc(Cl)nn12. The smallest absolute Gasteiger partial charge is 0.339 e. The summed E-state index contributed by atoms with van der Waals surface area (Å²) in [7, 11) is 0. The van der Waals surface area contributed by atoms with E-state index in [-0.39, 0.29) is 10.7 Å². The molecule has 0 aliphatic rings. The molecule has 0 unspecified atom stereocenters. The van der Waals surface area contributed by atoms with Crippen LogP contribution in [-0.2, 0) is 11.3 Å².